The molecule has 1 unspecified atom stereocenters. The van der Waals surface area contributed by atoms with Crippen molar-refractivity contribution in [3.63, 3.8) is 0 Å². The smallest absolute Gasteiger partial charge is 0.444 e. The van der Waals surface area contributed by atoms with Crippen molar-refractivity contribution in [2.75, 3.05) is 18.2 Å². The van der Waals surface area contributed by atoms with Crippen molar-refractivity contribution in [2.24, 2.45) is 5.16 Å². The quantitative estimate of drug-likeness (QED) is 0.0762. The van der Waals surface area contributed by atoms with Crippen LogP contribution in [0.4, 0.5) is 14.7 Å². The van der Waals surface area contributed by atoms with Crippen molar-refractivity contribution in [2.45, 2.75) is 83.9 Å². The number of aromatic nitrogens is 1. The van der Waals surface area contributed by atoms with Gasteiger partial charge in [0.1, 0.15) is 41.6 Å². The number of hydrogen-bond acceptors (Lipinski definition) is 15. The summed E-state index contributed by atoms with van der Waals surface area (Å²) in [6.45, 7) is 11.1. The fourth-order valence-electron chi connectivity index (χ4n) is 3.83. The maximum Gasteiger partial charge on any atom is 0.511 e. The van der Waals surface area contributed by atoms with E-state index < -0.39 is 71.4 Å². The zero-order chi connectivity index (χ0) is 34.3. The van der Waals surface area contributed by atoms with E-state index in [0.717, 1.165) is 11.3 Å². The number of oxime groups is 1. The van der Waals surface area contributed by atoms with Crippen LogP contribution < -0.4 is 16.0 Å². The number of ether oxygens (including phenoxy) is 4. The monoisotopic (exact) mass is 684 g/mol. The highest BCUT2D eigenvalue weighted by Gasteiger charge is 2.53. The summed E-state index contributed by atoms with van der Waals surface area (Å²) < 4.78 is 20.0. The molecule has 4 amide bonds. The maximum atomic E-state index is 13.2. The van der Waals surface area contributed by atoms with E-state index >= 15 is 0 Å². The van der Waals surface area contributed by atoms with Gasteiger partial charge in [0.2, 0.25) is 12.2 Å². The zero-order valence-electron chi connectivity index (χ0n) is 26.4. The lowest BCUT2D eigenvalue weighted by Gasteiger charge is -2.48. The Bertz CT molecular complexity index is 1420. The second kappa shape index (κ2) is 15.3. The molecule has 2 aliphatic heterocycles. The molecule has 17 nitrogen and oxygen atoms in total. The number of thiazole rings is 1. The van der Waals surface area contributed by atoms with Crippen molar-refractivity contribution in [3.05, 3.63) is 22.8 Å². The Balaban J connectivity index is 1.60. The first-order valence-corrected chi connectivity index (χ1v) is 15.8. The lowest BCUT2D eigenvalue weighted by Crippen LogP contribution is -2.70. The minimum absolute atomic E-state index is 0.0430. The fourth-order valence-corrected chi connectivity index (χ4v) is 5.72. The lowest BCUT2D eigenvalue weighted by molar-refractivity contribution is -0.169. The third-order valence-corrected chi connectivity index (χ3v) is 7.65. The fraction of sp³-hybridized carbons (Fsp3) is 0.556. The van der Waals surface area contributed by atoms with Crippen LogP contribution >= 0.6 is 23.1 Å². The molecule has 0 bridgehead atoms. The molecule has 3 rings (SSSR count). The van der Waals surface area contributed by atoms with E-state index in [1.54, 1.807) is 34.6 Å². The van der Waals surface area contributed by atoms with Crippen molar-refractivity contribution < 1.29 is 52.6 Å². The molecule has 252 valence electrons. The van der Waals surface area contributed by atoms with Gasteiger partial charge in [-0.15, -0.1) is 23.1 Å². The molecule has 2 aliphatic rings. The van der Waals surface area contributed by atoms with E-state index in [-0.39, 0.29) is 22.2 Å². The molecular formula is C27H36N6O11S2. The summed E-state index contributed by atoms with van der Waals surface area (Å²) in [5.41, 5.74) is -1.04. The van der Waals surface area contributed by atoms with Crippen molar-refractivity contribution in [1.82, 2.24) is 20.5 Å². The van der Waals surface area contributed by atoms with E-state index in [2.05, 4.69) is 26.1 Å². The molecule has 4 atom stereocenters. The van der Waals surface area contributed by atoms with Crippen LogP contribution in [0.25, 0.3) is 0 Å². The normalized spacial score (nSPS) is 19.0. The molecule has 1 fully saturated rings. The first-order valence-electron chi connectivity index (χ1n) is 13.9. The molecule has 3 N–H and O–H groups in total. The van der Waals surface area contributed by atoms with Gasteiger partial charge in [0.05, 0.1) is 6.10 Å². The van der Waals surface area contributed by atoms with Gasteiger partial charge in [-0.3, -0.25) is 19.3 Å². The zero-order valence-corrected chi connectivity index (χ0v) is 28.0. The Hall–Kier alpha value is -4.39. The van der Waals surface area contributed by atoms with Crippen LogP contribution in [-0.2, 0) is 43.0 Å². The minimum Gasteiger partial charge on any atom is -0.444 e. The number of hydrogen-bond donors (Lipinski definition) is 3. The molecular weight excluding hydrogens is 648 g/mol. The van der Waals surface area contributed by atoms with Gasteiger partial charge in [-0.25, -0.2) is 19.4 Å². The number of anilines is 1. The molecule has 1 saturated heterocycles. The van der Waals surface area contributed by atoms with Gasteiger partial charge < -0.3 is 39.7 Å². The van der Waals surface area contributed by atoms with Crippen LogP contribution in [-0.4, -0.2) is 99.9 Å². The Labute approximate surface area is 272 Å². The topological polar surface area (TPSA) is 213 Å². The van der Waals surface area contributed by atoms with Crippen LogP contribution in [0.5, 0.6) is 0 Å². The van der Waals surface area contributed by atoms with E-state index in [9.17, 15) is 28.8 Å². The van der Waals surface area contributed by atoms with Gasteiger partial charge >= 0.3 is 18.2 Å². The van der Waals surface area contributed by atoms with Gasteiger partial charge in [0.25, 0.3) is 11.8 Å². The number of nitrogens with zero attached hydrogens (tertiary/aromatic N) is 3. The number of alkyl carbamates (subject to hydrolysis) is 1. The third-order valence-electron chi connectivity index (χ3n) is 5.71. The molecule has 46 heavy (non-hydrogen) atoms. The summed E-state index contributed by atoms with van der Waals surface area (Å²) >= 11 is 2.28. The van der Waals surface area contributed by atoms with Gasteiger partial charge in [0, 0.05) is 18.1 Å². The van der Waals surface area contributed by atoms with Gasteiger partial charge in [0.15, 0.2) is 10.8 Å². The number of carbonyl (C=O) groups excluding carboxylic acids is 6. The van der Waals surface area contributed by atoms with Crippen LogP contribution in [0.1, 0.15) is 54.2 Å². The van der Waals surface area contributed by atoms with E-state index in [0.29, 0.717) is 5.75 Å². The Morgan fingerprint density at radius 2 is 1.78 bits per heavy atom. The third kappa shape index (κ3) is 9.56. The number of thioether (sulfide) groups is 1. The highest BCUT2D eigenvalue weighted by atomic mass is 32.2. The minimum atomic E-state index is -1.29. The second-order valence-corrected chi connectivity index (χ2v) is 13.0. The maximum absolute atomic E-state index is 13.2. The first kappa shape index (κ1) is 36.1. The van der Waals surface area contributed by atoms with E-state index in [4.69, 9.17) is 23.8 Å². The summed E-state index contributed by atoms with van der Waals surface area (Å²) in [6, 6.07) is -1.99. The molecule has 3 heterocycles. The van der Waals surface area contributed by atoms with E-state index in [1.807, 2.05) is 0 Å². The number of carbonyl (C=O) groups is 6. The Morgan fingerprint density at radius 1 is 1.09 bits per heavy atom. The largest absolute Gasteiger partial charge is 0.511 e. The van der Waals surface area contributed by atoms with Crippen molar-refractivity contribution in [3.8, 4) is 0 Å². The molecule has 0 aromatic carbocycles. The lowest BCUT2D eigenvalue weighted by atomic mass is 10.0. The predicted molar refractivity (Wildman–Crippen MR) is 164 cm³/mol. The number of amides is 4. The van der Waals surface area contributed by atoms with Crippen LogP contribution in [0.15, 0.2) is 22.3 Å². The first-order chi connectivity index (χ1) is 21.5. The van der Waals surface area contributed by atoms with Crippen LogP contribution in [0.2, 0.25) is 0 Å². The SMILES string of the molecule is CO/N=C(\C(=O)N[C@@H]1C(=O)N2C(C(=O)OC(C)OC(=O)OC(C)C)=CCS[C@H]12)c1csc(NC(=O)[C@H](C)NC(=O)OC(C)(C)C)n1. The number of β-lactam (4-membered cyclic amide) rings is 1. The summed E-state index contributed by atoms with van der Waals surface area (Å²) in [5, 5.41) is 12.2. The molecule has 0 radical (unpaired) electrons. The number of fused-ring (bicyclic) bond motifs is 1. The molecule has 19 heteroatoms. The Kier molecular flexibility index (Phi) is 12.0. The van der Waals surface area contributed by atoms with Crippen molar-refractivity contribution >= 4 is 69.9 Å². The summed E-state index contributed by atoms with van der Waals surface area (Å²) in [5.74, 6) is -2.55. The number of esters is 1. The van der Waals surface area contributed by atoms with Gasteiger partial charge in [-0.05, 0) is 47.6 Å². The van der Waals surface area contributed by atoms with Crippen LogP contribution in [0, 0.1) is 0 Å². The van der Waals surface area contributed by atoms with Gasteiger partial charge in [-0.1, -0.05) is 5.16 Å². The van der Waals surface area contributed by atoms with Crippen molar-refractivity contribution in [1.29, 1.82) is 0 Å². The Morgan fingerprint density at radius 3 is 2.41 bits per heavy atom. The number of nitrogens with one attached hydrogen (secondary N) is 3. The molecule has 1 aromatic heterocycles. The summed E-state index contributed by atoms with van der Waals surface area (Å²) in [4.78, 5) is 85.5. The standard InChI is InChI=1S/C27H36N6O11S2/c1-12(2)41-26(39)43-14(4)42-23(37)16-9-10-45-22-18(21(36)33(16)22)30-20(35)17(32-40-8)15-11-46-24(29-15)31-19(34)13(3)28-25(38)44-27(5,6)7/h9,11-14,18,22H,10H2,1-8H3,(H,28,38)(H,30,35)(H,29,31,34)/b32-17-/t13-,14?,18+,22+/m0/s1. The average molecular weight is 685 g/mol. The number of rotatable bonds is 11. The molecule has 0 spiro atoms. The van der Waals surface area contributed by atoms with Gasteiger partial charge in [-0.2, -0.15) is 0 Å². The van der Waals surface area contributed by atoms with Crippen LogP contribution in [0.3, 0.4) is 0 Å². The predicted octanol–water partition coefficient (Wildman–Crippen LogP) is 2.08. The molecule has 0 aliphatic carbocycles. The average Bonchev–Trinajstić information content (AvgIpc) is 3.39. The highest BCUT2D eigenvalue weighted by Crippen LogP contribution is 2.38. The summed E-state index contributed by atoms with van der Waals surface area (Å²) in [6.07, 6.45) is -2.02. The molecule has 0 saturated carbocycles. The second-order valence-electron chi connectivity index (χ2n) is 11.0. The van der Waals surface area contributed by atoms with E-state index in [1.165, 1.54) is 49.1 Å². The highest BCUT2D eigenvalue weighted by molar-refractivity contribution is 8.00. The molecule has 1 aromatic rings. The summed E-state index contributed by atoms with van der Waals surface area (Å²) in [7, 11) is 1.22.